The van der Waals surface area contributed by atoms with Crippen LogP contribution < -0.4 is 0 Å². The minimum atomic E-state index is 0.952. The largest absolute Gasteiger partial charge is 0.307 e. The molecule has 0 atom stereocenters. The van der Waals surface area contributed by atoms with Crippen LogP contribution in [0.1, 0.15) is 0 Å². The summed E-state index contributed by atoms with van der Waals surface area (Å²) in [6.45, 7) is 0. The van der Waals surface area contributed by atoms with Gasteiger partial charge in [0.15, 0.2) is 0 Å². The Kier molecular flexibility index (Phi) is 4.18. The van der Waals surface area contributed by atoms with Gasteiger partial charge in [-0.3, -0.25) is 4.98 Å². The van der Waals surface area contributed by atoms with Crippen molar-refractivity contribution in [2.45, 2.75) is 0 Å². The van der Waals surface area contributed by atoms with Crippen LogP contribution in [0.25, 0.3) is 75.4 Å². The fourth-order valence-electron chi connectivity index (χ4n) is 6.27. The number of aromatic nitrogens is 4. The zero-order valence-corrected chi connectivity index (χ0v) is 21.6. The summed E-state index contributed by atoms with van der Waals surface area (Å²) < 4.78 is 6.05. The van der Waals surface area contributed by atoms with E-state index in [0.29, 0.717) is 0 Å². The van der Waals surface area contributed by atoms with E-state index in [9.17, 15) is 0 Å². The number of benzene rings is 5. The molecule has 9 rings (SSSR count). The van der Waals surface area contributed by atoms with E-state index in [1.807, 2.05) is 0 Å². The van der Waals surface area contributed by atoms with Gasteiger partial charge in [0, 0.05) is 39.3 Å². The van der Waals surface area contributed by atoms with Crippen LogP contribution >= 0.6 is 11.3 Å². The molecule has 4 heterocycles. The highest BCUT2D eigenvalue weighted by molar-refractivity contribution is 7.25. The van der Waals surface area contributed by atoms with E-state index in [4.69, 9.17) is 9.97 Å². The third-order valence-corrected chi connectivity index (χ3v) is 8.96. The Morgan fingerprint density at radius 2 is 0.949 bits per heavy atom. The molecule has 0 amide bonds. The molecule has 0 saturated carbocycles. The average molecular weight is 517 g/mol. The first kappa shape index (κ1) is 21.0. The molecular formula is C34H20N4S. The van der Waals surface area contributed by atoms with Gasteiger partial charge in [-0.25, -0.2) is 4.98 Å². The first-order valence-corrected chi connectivity index (χ1v) is 13.8. The van der Waals surface area contributed by atoms with Crippen molar-refractivity contribution in [3.8, 4) is 11.4 Å². The van der Waals surface area contributed by atoms with Crippen molar-refractivity contribution in [2.24, 2.45) is 0 Å². The Morgan fingerprint density at radius 1 is 0.462 bits per heavy atom. The average Bonchev–Trinajstić information content (AvgIpc) is 3.65. The summed E-state index contributed by atoms with van der Waals surface area (Å²) in [5.74, 6) is 0. The molecule has 0 radical (unpaired) electrons. The maximum atomic E-state index is 4.74. The molecule has 0 unspecified atom stereocenters. The molecule has 4 aromatic heterocycles. The molecular weight excluding hydrogens is 496 g/mol. The maximum Gasteiger partial charge on any atom is 0.143 e. The first-order valence-electron chi connectivity index (χ1n) is 13.0. The van der Waals surface area contributed by atoms with Gasteiger partial charge in [-0.2, -0.15) is 0 Å². The van der Waals surface area contributed by atoms with Crippen LogP contribution in [0.3, 0.4) is 0 Å². The standard InChI is InChI=1S/C34H20N4S/c1-5-13-26-21(9-1)22-10-2-6-14-27(22)37(26)30-18-17-25-31-34(36-20-19-35-31)39-33(25)32(30)38-28-15-7-3-11-23(28)24-12-4-8-16-29(24)38/h1-20H. The summed E-state index contributed by atoms with van der Waals surface area (Å²) in [5, 5.41) is 6.12. The molecule has 182 valence electrons. The third kappa shape index (κ3) is 2.77. The lowest BCUT2D eigenvalue weighted by atomic mass is 10.1. The highest BCUT2D eigenvalue weighted by Crippen LogP contribution is 2.44. The summed E-state index contributed by atoms with van der Waals surface area (Å²) in [7, 11) is 0. The van der Waals surface area contributed by atoms with E-state index in [0.717, 1.165) is 27.1 Å². The summed E-state index contributed by atoms with van der Waals surface area (Å²) in [6.07, 6.45) is 3.57. The number of fused-ring (bicyclic) bond motifs is 9. The normalized spacial score (nSPS) is 12.1. The summed E-state index contributed by atoms with van der Waals surface area (Å²) in [6, 6.07) is 39.3. The molecule has 0 aliphatic rings. The van der Waals surface area contributed by atoms with Gasteiger partial charge in [0.2, 0.25) is 0 Å². The molecule has 0 aliphatic carbocycles. The molecule has 4 nitrogen and oxygen atoms in total. The SMILES string of the molecule is c1ccc2c(c1)c1ccccc1n2-c1ccc2c(sc3nccnc32)c1-n1c2ccccc2c2ccccc21. The summed E-state index contributed by atoms with van der Waals surface area (Å²) in [5.41, 5.74) is 8.00. The zero-order chi connectivity index (χ0) is 25.5. The van der Waals surface area contributed by atoms with Crippen LogP contribution in [0.2, 0.25) is 0 Å². The second kappa shape index (κ2) is 7.76. The van der Waals surface area contributed by atoms with Crippen molar-refractivity contribution in [3.63, 3.8) is 0 Å². The van der Waals surface area contributed by atoms with Gasteiger partial charge in [-0.05, 0) is 36.4 Å². The Hall–Kier alpha value is -5.00. The predicted molar refractivity (Wildman–Crippen MR) is 164 cm³/mol. The fourth-order valence-corrected chi connectivity index (χ4v) is 7.41. The topological polar surface area (TPSA) is 35.6 Å². The maximum absolute atomic E-state index is 4.74. The van der Waals surface area contributed by atoms with Gasteiger partial charge in [0.05, 0.1) is 38.1 Å². The van der Waals surface area contributed by atoms with Crippen molar-refractivity contribution >= 4 is 75.4 Å². The first-order chi connectivity index (χ1) is 19.4. The quantitative estimate of drug-likeness (QED) is 0.230. The number of thiophene rings is 1. The Bertz CT molecular complexity index is 2300. The molecule has 0 fully saturated rings. The van der Waals surface area contributed by atoms with Crippen molar-refractivity contribution < 1.29 is 0 Å². The van der Waals surface area contributed by atoms with E-state index in [-0.39, 0.29) is 0 Å². The molecule has 0 aliphatic heterocycles. The van der Waals surface area contributed by atoms with E-state index in [2.05, 4.69) is 118 Å². The number of hydrogen-bond acceptors (Lipinski definition) is 3. The van der Waals surface area contributed by atoms with E-state index in [1.54, 1.807) is 23.7 Å². The Morgan fingerprint density at radius 3 is 1.51 bits per heavy atom. The van der Waals surface area contributed by atoms with E-state index < -0.39 is 0 Å². The minimum Gasteiger partial charge on any atom is -0.307 e. The highest BCUT2D eigenvalue weighted by atomic mass is 32.1. The monoisotopic (exact) mass is 516 g/mol. The van der Waals surface area contributed by atoms with E-state index >= 15 is 0 Å². The zero-order valence-electron chi connectivity index (χ0n) is 20.7. The van der Waals surface area contributed by atoms with Gasteiger partial charge >= 0.3 is 0 Å². The van der Waals surface area contributed by atoms with Gasteiger partial charge in [0.1, 0.15) is 10.3 Å². The van der Waals surface area contributed by atoms with Gasteiger partial charge in [0.25, 0.3) is 0 Å². The molecule has 0 saturated heterocycles. The molecule has 0 bridgehead atoms. The number of para-hydroxylation sites is 4. The Balaban J connectivity index is 1.55. The van der Waals surface area contributed by atoms with Crippen LogP contribution in [-0.4, -0.2) is 19.1 Å². The summed E-state index contributed by atoms with van der Waals surface area (Å²) >= 11 is 1.72. The number of rotatable bonds is 2. The van der Waals surface area contributed by atoms with Gasteiger partial charge < -0.3 is 9.13 Å². The van der Waals surface area contributed by atoms with Gasteiger partial charge in [-0.1, -0.05) is 72.8 Å². The van der Waals surface area contributed by atoms with Crippen molar-refractivity contribution in [3.05, 3.63) is 122 Å². The molecule has 9 aromatic rings. The van der Waals surface area contributed by atoms with Crippen LogP contribution in [0, 0.1) is 0 Å². The molecule has 5 heteroatoms. The van der Waals surface area contributed by atoms with E-state index in [1.165, 1.54) is 48.3 Å². The van der Waals surface area contributed by atoms with Crippen LogP contribution in [0.5, 0.6) is 0 Å². The van der Waals surface area contributed by atoms with Crippen molar-refractivity contribution in [2.75, 3.05) is 0 Å². The smallest absolute Gasteiger partial charge is 0.143 e. The lowest BCUT2D eigenvalue weighted by molar-refractivity contribution is 1.11. The lowest BCUT2D eigenvalue weighted by Crippen LogP contribution is -2.03. The second-order valence-electron chi connectivity index (χ2n) is 9.86. The molecule has 5 aromatic carbocycles. The van der Waals surface area contributed by atoms with Crippen molar-refractivity contribution in [1.82, 2.24) is 19.1 Å². The molecule has 0 N–H and O–H groups in total. The fraction of sp³-hybridized carbons (Fsp3) is 0. The number of nitrogens with zero attached hydrogens (tertiary/aromatic N) is 4. The van der Waals surface area contributed by atoms with Crippen LogP contribution in [-0.2, 0) is 0 Å². The third-order valence-electron chi connectivity index (χ3n) is 7.85. The minimum absolute atomic E-state index is 0.952. The molecule has 0 spiro atoms. The second-order valence-corrected chi connectivity index (χ2v) is 10.9. The highest BCUT2D eigenvalue weighted by Gasteiger charge is 2.23. The molecule has 39 heavy (non-hydrogen) atoms. The van der Waals surface area contributed by atoms with Crippen LogP contribution in [0.4, 0.5) is 0 Å². The predicted octanol–water partition coefficient (Wildman–Crippen LogP) is 9.04. The van der Waals surface area contributed by atoms with Crippen molar-refractivity contribution in [1.29, 1.82) is 0 Å². The lowest BCUT2D eigenvalue weighted by Gasteiger charge is -2.17. The number of hydrogen-bond donors (Lipinski definition) is 0. The van der Waals surface area contributed by atoms with Gasteiger partial charge in [-0.15, -0.1) is 11.3 Å². The Labute approximate surface area is 227 Å². The van der Waals surface area contributed by atoms with Crippen LogP contribution in [0.15, 0.2) is 122 Å². The summed E-state index contributed by atoms with van der Waals surface area (Å²) in [4.78, 5) is 10.4.